The first-order valence-corrected chi connectivity index (χ1v) is 6.60. The van der Waals surface area contributed by atoms with Crippen LogP contribution in [-0.2, 0) is 4.79 Å². The van der Waals surface area contributed by atoms with Crippen LogP contribution in [0, 0.1) is 13.8 Å². The molecule has 0 fully saturated rings. The molecule has 112 valence electrons. The molecule has 1 atom stereocenters. The molecule has 2 amide bonds. The van der Waals surface area contributed by atoms with Gasteiger partial charge in [-0.3, -0.25) is 4.79 Å². The topological polar surface area (TPSA) is 104 Å². The van der Waals surface area contributed by atoms with E-state index >= 15 is 0 Å². The highest BCUT2D eigenvalue weighted by molar-refractivity contribution is 5.74. The molecule has 1 unspecified atom stereocenters. The van der Waals surface area contributed by atoms with Gasteiger partial charge in [-0.25, -0.2) is 4.79 Å². The molecule has 0 aliphatic rings. The maximum Gasteiger partial charge on any atom is 0.315 e. The zero-order valence-corrected chi connectivity index (χ0v) is 12.0. The van der Waals surface area contributed by atoms with E-state index in [4.69, 9.17) is 9.63 Å². The Balaban J connectivity index is 2.30. The molecule has 7 heteroatoms. The van der Waals surface area contributed by atoms with Crippen LogP contribution in [0.2, 0.25) is 0 Å². The monoisotopic (exact) mass is 283 g/mol. The van der Waals surface area contributed by atoms with Gasteiger partial charge < -0.3 is 20.3 Å². The molecule has 1 rings (SSSR count). The Morgan fingerprint density at radius 3 is 2.60 bits per heavy atom. The van der Waals surface area contributed by atoms with Gasteiger partial charge in [0.25, 0.3) is 0 Å². The van der Waals surface area contributed by atoms with E-state index in [-0.39, 0.29) is 18.5 Å². The van der Waals surface area contributed by atoms with Gasteiger partial charge in [-0.05, 0) is 33.6 Å². The van der Waals surface area contributed by atoms with Gasteiger partial charge in [-0.15, -0.1) is 0 Å². The van der Waals surface area contributed by atoms with Crippen LogP contribution in [-0.4, -0.2) is 28.8 Å². The molecule has 0 aliphatic carbocycles. The molecular formula is C13H21N3O4. The highest BCUT2D eigenvalue weighted by Gasteiger charge is 2.17. The Morgan fingerprint density at radius 1 is 1.35 bits per heavy atom. The van der Waals surface area contributed by atoms with Gasteiger partial charge in [0.2, 0.25) is 0 Å². The summed E-state index contributed by atoms with van der Waals surface area (Å²) in [5.74, 6) is -0.127. The number of aliphatic carboxylic acids is 1. The van der Waals surface area contributed by atoms with Crippen molar-refractivity contribution < 1.29 is 19.2 Å². The molecule has 1 aromatic heterocycles. The number of rotatable bonds is 7. The molecule has 1 aromatic rings. The zero-order valence-electron chi connectivity index (χ0n) is 12.0. The number of carbonyl (C=O) groups is 2. The van der Waals surface area contributed by atoms with Crippen molar-refractivity contribution in [3.8, 4) is 0 Å². The quantitative estimate of drug-likeness (QED) is 0.663. The van der Waals surface area contributed by atoms with Crippen molar-refractivity contribution in [1.82, 2.24) is 15.8 Å². The summed E-state index contributed by atoms with van der Waals surface area (Å²) < 4.78 is 5.06. The largest absolute Gasteiger partial charge is 0.481 e. The standard InChI is InChI=1S/C13H21N3O4/c1-8(12-9(2)16-20-10(12)3)15-13(19)14-7-5-4-6-11(17)18/h8H,4-7H2,1-3H3,(H,17,18)(H2,14,15,19). The number of urea groups is 1. The van der Waals surface area contributed by atoms with E-state index in [0.717, 1.165) is 11.3 Å². The average molecular weight is 283 g/mol. The number of hydrogen-bond acceptors (Lipinski definition) is 4. The van der Waals surface area contributed by atoms with Crippen molar-refractivity contribution in [2.75, 3.05) is 6.54 Å². The Morgan fingerprint density at radius 2 is 2.05 bits per heavy atom. The van der Waals surface area contributed by atoms with Gasteiger partial charge in [0.05, 0.1) is 11.7 Å². The van der Waals surface area contributed by atoms with Crippen LogP contribution in [0.1, 0.15) is 49.2 Å². The van der Waals surface area contributed by atoms with Crippen LogP contribution >= 0.6 is 0 Å². The van der Waals surface area contributed by atoms with Crippen molar-refractivity contribution in [3.63, 3.8) is 0 Å². The average Bonchev–Trinajstić information content (AvgIpc) is 2.68. The van der Waals surface area contributed by atoms with Gasteiger partial charge in [0.1, 0.15) is 5.76 Å². The summed E-state index contributed by atoms with van der Waals surface area (Å²) in [6.45, 7) is 5.94. The van der Waals surface area contributed by atoms with Gasteiger partial charge in [0, 0.05) is 18.5 Å². The number of aryl methyl sites for hydroxylation is 2. The van der Waals surface area contributed by atoms with Crippen LogP contribution in [0.4, 0.5) is 4.79 Å². The van der Waals surface area contributed by atoms with E-state index in [1.165, 1.54) is 0 Å². The number of nitrogens with zero attached hydrogens (tertiary/aromatic N) is 1. The fourth-order valence-electron chi connectivity index (χ4n) is 2.03. The maximum atomic E-state index is 11.7. The number of amides is 2. The highest BCUT2D eigenvalue weighted by Crippen LogP contribution is 2.20. The van der Waals surface area contributed by atoms with E-state index in [1.807, 2.05) is 13.8 Å². The van der Waals surface area contributed by atoms with Crippen molar-refractivity contribution in [2.24, 2.45) is 0 Å². The minimum Gasteiger partial charge on any atom is -0.481 e. The Kier molecular flexibility index (Phi) is 6.02. The molecule has 3 N–H and O–H groups in total. The van der Waals surface area contributed by atoms with Crippen molar-refractivity contribution in [1.29, 1.82) is 0 Å². The number of carboxylic acid groups (broad SMARTS) is 1. The third-order valence-electron chi connectivity index (χ3n) is 2.97. The third kappa shape index (κ3) is 4.91. The summed E-state index contributed by atoms with van der Waals surface area (Å²) in [6.07, 6.45) is 1.31. The molecule has 0 aliphatic heterocycles. The minimum absolute atomic E-state index is 0.124. The highest BCUT2D eigenvalue weighted by atomic mass is 16.5. The van der Waals surface area contributed by atoms with Crippen molar-refractivity contribution >= 4 is 12.0 Å². The molecule has 0 radical (unpaired) electrons. The number of unbranched alkanes of at least 4 members (excludes halogenated alkanes) is 1. The first kappa shape index (κ1) is 16.0. The van der Waals surface area contributed by atoms with E-state index in [9.17, 15) is 9.59 Å². The first-order valence-electron chi connectivity index (χ1n) is 6.60. The summed E-state index contributed by atoms with van der Waals surface area (Å²) in [7, 11) is 0. The van der Waals surface area contributed by atoms with Gasteiger partial charge in [-0.1, -0.05) is 5.16 Å². The number of hydrogen-bond donors (Lipinski definition) is 3. The lowest BCUT2D eigenvalue weighted by Gasteiger charge is -2.14. The number of nitrogens with one attached hydrogen (secondary N) is 2. The number of carboxylic acids is 1. The summed E-state index contributed by atoms with van der Waals surface area (Å²) in [5, 5.41) is 17.8. The molecular weight excluding hydrogens is 262 g/mol. The van der Waals surface area contributed by atoms with E-state index in [1.54, 1.807) is 6.92 Å². The summed E-state index contributed by atoms with van der Waals surface area (Å²) in [4.78, 5) is 22.0. The predicted molar refractivity (Wildman–Crippen MR) is 72.4 cm³/mol. The lowest BCUT2D eigenvalue weighted by atomic mass is 10.1. The minimum atomic E-state index is -0.818. The molecule has 0 aromatic carbocycles. The zero-order chi connectivity index (χ0) is 15.1. The molecule has 7 nitrogen and oxygen atoms in total. The maximum absolute atomic E-state index is 11.7. The molecule has 20 heavy (non-hydrogen) atoms. The normalized spacial score (nSPS) is 11.9. The van der Waals surface area contributed by atoms with E-state index < -0.39 is 5.97 Å². The molecule has 0 bridgehead atoms. The van der Waals surface area contributed by atoms with Crippen LogP contribution in [0.15, 0.2) is 4.52 Å². The number of aromatic nitrogens is 1. The fraction of sp³-hybridized carbons (Fsp3) is 0.615. The molecule has 1 heterocycles. The lowest BCUT2D eigenvalue weighted by molar-refractivity contribution is -0.137. The van der Waals surface area contributed by atoms with Crippen LogP contribution in [0.3, 0.4) is 0 Å². The Bertz CT molecular complexity index is 451. The second kappa shape index (κ2) is 7.52. The smallest absolute Gasteiger partial charge is 0.315 e. The second-order valence-electron chi connectivity index (χ2n) is 4.71. The van der Waals surface area contributed by atoms with Crippen LogP contribution < -0.4 is 10.6 Å². The molecule has 0 spiro atoms. The lowest BCUT2D eigenvalue weighted by Crippen LogP contribution is -2.37. The second-order valence-corrected chi connectivity index (χ2v) is 4.71. The summed E-state index contributed by atoms with van der Waals surface area (Å²) >= 11 is 0. The Labute approximate surface area is 117 Å². The summed E-state index contributed by atoms with van der Waals surface area (Å²) in [6, 6.07) is -0.479. The van der Waals surface area contributed by atoms with Crippen molar-refractivity contribution in [3.05, 3.63) is 17.0 Å². The predicted octanol–water partition coefficient (Wildman–Crippen LogP) is 1.91. The Hall–Kier alpha value is -2.05. The third-order valence-corrected chi connectivity index (χ3v) is 2.97. The van der Waals surface area contributed by atoms with Gasteiger partial charge in [0.15, 0.2) is 0 Å². The van der Waals surface area contributed by atoms with Gasteiger partial charge in [-0.2, -0.15) is 0 Å². The van der Waals surface area contributed by atoms with E-state index in [0.29, 0.717) is 25.1 Å². The van der Waals surface area contributed by atoms with E-state index in [2.05, 4.69) is 15.8 Å². The van der Waals surface area contributed by atoms with Crippen LogP contribution in [0.25, 0.3) is 0 Å². The number of carbonyl (C=O) groups excluding carboxylic acids is 1. The van der Waals surface area contributed by atoms with Gasteiger partial charge >= 0.3 is 12.0 Å². The first-order chi connectivity index (χ1) is 9.41. The molecule has 0 saturated carbocycles. The fourth-order valence-corrected chi connectivity index (χ4v) is 2.03. The van der Waals surface area contributed by atoms with Crippen LogP contribution in [0.5, 0.6) is 0 Å². The van der Waals surface area contributed by atoms with Crippen molar-refractivity contribution in [2.45, 2.75) is 46.1 Å². The summed E-state index contributed by atoms with van der Waals surface area (Å²) in [5.41, 5.74) is 1.64. The molecule has 0 saturated heterocycles. The SMILES string of the molecule is Cc1noc(C)c1C(C)NC(=O)NCCCCC(=O)O.